The average molecular weight is 307 g/mol. The molecule has 1 saturated heterocycles. The van der Waals surface area contributed by atoms with Crippen molar-refractivity contribution in [3.05, 3.63) is 23.9 Å². The van der Waals surface area contributed by atoms with E-state index in [1.807, 2.05) is 17.0 Å². The monoisotopic (exact) mass is 307 g/mol. The van der Waals surface area contributed by atoms with Crippen LogP contribution in [0.2, 0.25) is 0 Å². The molecule has 0 radical (unpaired) electrons. The largest absolute Gasteiger partial charge is 0.471 e. The Morgan fingerprint density at radius 1 is 1.55 bits per heavy atom. The van der Waals surface area contributed by atoms with Gasteiger partial charge in [-0.3, -0.25) is 9.59 Å². The summed E-state index contributed by atoms with van der Waals surface area (Å²) in [7, 11) is 1.31. The number of piperidine rings is 1. The summed E-state index contributed by atoms with van der Waals surface area (Å²) in [5.74, 6) is 1.39. The van der Waals surface area contributed by atoms with Crippen LogP contribution in [0.3, 0.4) is 0 Å². The molecule has 1 amide bonds. The first-order chi connectivity index (χ1) is 10.6. The Bertz CT molecular complexity index is 479. The van der Waals surface area contributed by atoms with E-state index in [0.29, 0.717) is 31.0 Å². The number of aromatic nitrogens is 1. The molecule has 6 nitrogen and oxygen atoms in total. The zero-order valence-electron chi connectivity index (χ0n) is 13.3. The number of ether oxygens (including phenoxy) is 1. The van der Waals surface area contributed by atoms with Crippen LogP contribution in [-0.4, -0.2) is 42.5 Å². The van der Waals surface area contributed by atoms with Gasteiger partial charge in [0.1, 0.15) is 5.82 Å². The molecule has 0 aliphatic carbocycles. The van der Waals surface area contributed by atoms with E-state index >= 15 is 0 Å². The molecule has 0 bridgehead atoms. The van der Waals surface area contributed by atoms with Crippen molar-refractivity contribution in [2.75, 3.05) is 25.9 Å². The SMILES string of the molecule is CC1CCCN(C(=O)CCc2cccc(N)n2)C1.COC=O. The lowest BCUT2D eigenvalue weighted by Crippen LogP contribution is -2.39. The van der Waals surface area contributed by atoms with Gasteiger partial charge < -0.3 is 15.4 Å². The van der Waals surface area contributed by atoms with Crippen LogP contribution < -0.4 is 5.73 Å². The molecule has 1 unspecified atom stereocenters. The number of nitrogens with zero attached hydrogens (tertiary/aromatic N) is 2. The lowest BCUT2D eigenvalue weighted by atomic mass is 10.00. The van der Waals surface area contributed by atoms with Crippen molar-refractivity contribution in [2.45, 2.75) is 32.6 Å². The number of hydrogen-bond donors (Lipinski definition) is 1. The van der Waals surface area contributed by atoms with Crippen LogP contribution in [0.1, 0.15) is 31.9 Å². The normalized spacial score (nSPS) is 17.2. The lowest BCUT2D eigenvalue weighted by molar-refractivity contribution is -0.132. The first-order valence-electron chi connectivity index (χ1n) is 7.52. The number of rotatable bonds is 4. The third-order valence-electron chi connectivity index (χ3n) is 3.53. The number of hydrogen-bond acceptors (Lipinski definition) is 5. The van der Waals surface area contributed by atoms with Gasteiger partial charge in [0.05, 0.1) is 7.11 Å². The molecule has 1 aromatic heterocycles. The summed E-state index contributed by atoms with van der Waals surface area (Å²) in [6, 6.07) is 5.56. The fraction of sp³-hybridized carbons (Fsp3) is 0.562. The predicted octanol–water partition coefficient (Wildman–Crippen LogP) is 1.64. The number of nitrogens with two attached hydrogens (primary N) is 1. The molecule has 0 aromatic carbocycles. The molecule has 6 heteroatoms. The van der Waals surface area contributed by atoms with Crippen molar-refractivity contribution in [1.82, 2.24) is 9.88 Å². The number of carbonyl (C=O) groups excluding carboxylic acids is 2. The number of anilines is 1. The van der Waals surface area contributed by atoms with Gasteiger partial charge in [-0.1, -0.05) is 13.0 Å². The molecule has 22 heavy (non-hydrogen) atoms. The predicted molar refractivity (Wildman–Crippen MR) is 85.0 cm³/mol. The Labute approximate surface area is 131 Å². The highest BCUT2D eigenvalue weighted by molar-refractivity contribution is 5.76. The quantitative estimate of drug-likeness (QED) is 0.855. The molecule has 2 heterocycles. The second-order valence-electron chi connectivity index (χ2n) is 5.47. The topological polar surface area (TPSA) is 85.5 Å². The van der Waals surface area contributed by atoms with Crippen molar-refractivity contribution < 1.29 is 14.3 Å². The molecule has 2 N–H and O–H groups in total. The van der Waals surface area contributed by atoms with Crippen LogP contribution >= 0.6 is 0 Å². The maximum absolute atomic E-state index is 12.1. The third-order valence-corrected chi connectivity index (χ3v) is 3.53. The Hall–Kier alpha value is -2.11. The Morgan fingerprint density at radius 3 is 2.86 bits per heavy atom. The first-order valence-corrected chi connectivity index (χ1v) is 7.52. The minimum absolute atomic E-state index is 0.241. The molecule has 0 saturated carbocycles. The Kier molecular flexibility index (Phi) is 7.96. The number of amides is 1. The summed E-state index contributed by atoms with van der Waals surface area (Å²) in [5, 5.41) is 0. The number of aryl methyl sites for hydroxylation is 1. The molecule has 1 fully saturated rings. The molecule has 0 spiro atoms. The molecular formula is C16H25N3O3. The fourth-order valence-electron chi connectivity index (χ4n) is 2.45. The molecule has 1 aliphatic heterocycles. The van der Waals surface area contributed by atoms with E-state index in [1.54, 1.807) is 6.07 Å². The molecular weight excluding hydrogens is 282 g/mol. The fourth-order valence-corrected chi connectivity index (χ4v) is 2.45. The zero-order chi connectivity index (χ0) is 16.4. The highest BCUT2D eigenvalue weighted by Gasteiger charge is 2.20. The van der Waals surface area contributed by atoms with Gasteiger partial charge in [-0.15, -0.1) is 0 Å². The van der Waals surface area contributed by atoms with Gasteiger partial charge in [0, 0.05) is 25.2 Å². The number of nitrogen functional groups attached to an aromatic ring is 1. The Balaban J connectivity index is 0.000000541. The Morgan fingerprint density at radius 2 is 2.27 bits per heavy atom. The highest BCUT2D eigenvalue weighted by atomic mass is 16.5. The van der Waals surface area contributed by atoms with Crippen LogP contribution in [0.5, 0.6) is 0 Å². The smallest absolute Gasteiger partial charge is 0.292 e. The van der Waals surface area contributed by atoms with Gasteiger partial charge in [0.2, 0.25) is 5.91 Å². The first kappa shape index (κ1) is 17.9. The van der Waals surface area contributed by atoms with E-state index in [9.17, 15) is 4.79 Å². The minimum atomic E-state index is 0.241. The van der Waals surface area contributed by atoms with E-state index < -0.39 is 0 Å². The van der Waals surface area contributed by atoms with Crippen LogP contribution in [0.25, 0.3) is 0 Å². The zero-order valence-corrected chi connectivity index (χ0v) is 13.3. The van der Waals surface area contributed by atoms with Gasteiger partial charge in [-0.25, -0.2) is 4.98 Å². The average Bonchev–Trinajstić information content (AvgIpc) is 2.53. The number of methoxy groups -OCH3 is 1. The standard InChI is InChI=1S/C14H21N3O.C2H4O2/c1-11-4-3-9-17(10-11)14(18)8-7-12-5-2-6-13(15)16-12;1-4-2-3/h2,5-6,11H,3-4,7-10H2,1H3,(H2,15,16);2H,1H3. The highest BCUT2D eigenvalue weighted by Crippen LogP contribution is 2.16. The van der Waals surface area contributed by atoms with E-state index in [1.165, 1.54) is 13.5 Å². The second kappa shape index (κ2) is 9.76. The van der Waals surface area contributed by atoms with Crippen molar-refractivity contribution in [3.63, 3.8) is 0 Å². The van der Waals surface area contributed by atoms with E-state index in [4.69, 9.17) is 10.5 Å². The van der Waals surface area contributed by atoms with Crippen molar-refractivity contribution in [2.24, 2.45) is 5.92 Å². The summed E-state index contributed by atoms with van der Waals surface area (Å²) in [4.78, 5) is 27.2. The van der Waals surface area contributed by atoms with Crippen LogP contribution in [0, 0.1) is 5.92 Å². The van der Waals surface area contributed by atoms with Gasteiger partial charge >= 0.3 is 0 Å². The van der Waals surface area contributed by atoms with E-state index in [0.717, 1.165) is 25.2 Å². The number of carbonyl (C=O) groups is 2. The van der Waals surface area contributed by atoms with E-state index in [2.05, 4.69) is 16.6 Å². The van der Waals surface area contributed by atoms with Crippen molar-refractivity contribution in [1.29, 1.82) is 0 Å². The lowest BCUT2D eigenvalue weighted by Gasteiger charge is -2.31. The van der Waals surface area contributed by atoms with Crippen LogP contribution in [-0.2, 0) is 20.7 Å². The maximum atomic E-state index is 12.1. The maximum Gasteiger partial charge on any atom is 0.292 e. The summed E-state index contributed by atoms with van der Waals surface area (Å²) in [5.41, 5.74) is 6.52. The van der Waals surface area contributed by atoms with Gasteiger partial charge in [-0.2, -0.15) is 0 Å². The summed E-state index contributed by atoms with van der Waals surface area (Å²) < 4.78 is 3.86. The van der Waals surface area contributed by atoms with Crippen molar-refractivity contribution in [3.8, 4) is 0 Å². The molecule has 2 rings (SSSR count). The minimum Gasteiger partial charge on any atom is -0.471 e. The van der Waals surface area contributed by atoms with Crippen LogP contribution in [0.15, 0.2) is 18.2 Å². The van der Waals surface area contributed by atoms with Gasteiger partial charge in [-0.05, 0) is 37.3 Å². The molecule has 1 aliphatic rings. The van der Waals surface area contributed by atoms with Gasteiger partial charge in [0.25, 0.3) is 6.47 Å². The molecule has 1 aromatic rings. The van der Waals surface area contributed by atoms with Gasteiger partial charge in [0.15, 0.2) is 0 Å². The number of likely N-dealkylation sites (tertiary alicyclic amines) is 1. The molecule has 1 atom stereocenters. The van der Waals surface area contributed by atoms with Crippen LogP contribution in [0.4, 0.5) is 5.82 Å². The third kappa shape index (κ3) is 6.56. The summed E-state index contributed by atoms with van der Waals surface area (Å²) in [6.45, 7) is 4.40. The van der Waals surface area contributed by atoms with Crippen molar-refractivity contribution >= 4 is 18.2 Å². The summed E-state index contributed by atoms with van der Waals surface area (Å²) in [6.07, 6.45) is 3.57. The summed E-state index contributed by atoms with van der Waals surface area (Å²) >= 11 is 0. The second-order valence-corrected chi connectivity index (χ2v) is 5.47. The van der Waals surface area contributed by atoms with E-state index in [-0.39, 0.29) is 5.91 Å². The number of pyridine rings is 1. The molecule has 122 valence electrons.